The van der Waals surface area contributed by atoms with Crippen LogP contribution in [0.4, 0.5) is 5.69 Å². The summed E-state index contributed by atoms with van der Waals surface area (Å²) < 4.78 is 0. The number of amides is 2. The van der Waals surface area contributed by atoms with Crippen molar-refractivity contribution >= 4 is 40.9 Å². The average molecular weight is 474 g/mol. The first kappa shape index (κ1) is 21.6. The van der Waals surface area contributed by atoms with Crippen molar-refractivity contribution in [2.24, 2.45) is 0 Å². The summed E-state index contributed by atoms with van der Waals surface area (Å²) in [5.74, 6) is 0.310. The molecule has 2 amide bonds. The molecule has 0 N–H and O–H groups in total. The van der Waals surface area contributed by atoms with Gasteiger partial charge in [0.2, 0.25) is 0 Å². The van der Waals surface area contributed by atoms with Crippen molar-refractivity contribution in [3.8, 4) is 6.07 Å². The van der Waals surface area contributed by atoms with Crippen LogP contribution in [0.3, 0.4) is 0 Å². The second-order valence-corrected chi connectivity index (χ2v) is 9.90. The molecule has 1 atom stereocenters. The van der Waals surface area contributed by atoms with Crippen LogP contribution >= 0.6 is 23.4 Å². The number of hydrogen-bond acceptors (Lipinski definition) is 4. The lowest BCUT2D eigenvalue weighted by molar-refractivity contribution is -0.123. The van der Waals surface area contributed by atoms with Gasteiger partial charge in [-0.25, -0.2) is 0 Å². The van der Waals surface area contributed by atoms with Crippen molar-refractivity contribution in [2.45, 2.75) is 18.3 Å². The first-order chi connectivity index (χ1) is 15.9. The fraction of sp³-hybridized carbons (Fsp3) is 0.192. The number of fused-ring (bicyclic) bond motifs is 2. The minimum Gasteiger partial charge on any atom is -0.311 e. The lowest BCUT2D eigenvalue weighted by Gasteiger charge is -2.33. The van der Waals surface area contributed by atoms with E-state index >= 15 is 0 Å². The molecule has 2 heterocycles. The van der Waals surface area contributed by atoms with Gasteiger partial charge in [0.25, 0.3) is 11.8 Å². The lowest BCUT2D eigenvalue weighted by atomic mass is 10.0. The van der Waals surface area contributed by atoms with Gasteiger partial charge in [-0.2, -0.15) is 5.26 Å². The van der Waals surface area contributed by atoms with Crippen LogP contribution in [0.5, 0.6) is 0 Å². The molecule has 5 nitrogen and oxygen atoms in total. The zero-order valence-electron chi connectivity index (χ0n) is 17.9. The minimum absolute atomic E-state index is 0.162. The molecule has 0 unspecified atom stereocenters. The summed E-state index contributed by atoms with van der Waals surface area (Å²) in [6.07, 6.45) is 0. The zero-order valence-corrected chi connectivity index (χ0v) is 19.5. The Morgan fingerprint density at radius 3 is 2.70 bits per heavy atom. The number of benzene rings is 3. The Balaban J connectivity index is 1.59. The van der Waals surface area contributed by atoms with Gasteiger partial charge in [-0.3, -0.25) is 9.59 Å². The maximum absolute atomic E-state index is 14.1. The molecule has 1 fully saturated rings. The monoisotopic (exact) mass is 473 g/mol. The Kier molecular flexibility index (Phi) is 5.40. The molecule has 3 aromatic carbocycles. The summed E-state index contributed by atoms with van der Waals surface area (Å²) in [5, 5.41) is 9.78. The third kappa shape index (κ3) is 3.49. The smallest absolute Gasteiger partial charge is 0.268 e. The SMILES string of the molecule is Cc1ccc(C(=O)N2CCS[C@]23C(=O)N(Cc2cccc(C#N)c2)c2ccc(Cl)cc23)cc1. The fourth-order valence-corrected chi connectivity index (χ4v) is 6.14. The van der Waals surface area contributed by atoms with Gasteiger partial charge in [0.15, 0.2) is 4.87 Å². The molecule has 0 saturated carbocycles. The molecular formula is C26H20ClN3O2S. The van der Waals surface area contributed by atoms with E-state index in [1.807, 2.05) is 37.3 Å². The molecule has 0 aromatic heterocycles. The molecule has 3 aromatic rings. The van der Waals surface area contributed by atoms with Gasteiger partial charge in [-0.05, 0) is 55.0 Å². The molecule has 5 rings (SSSR count). The van der Waals surface area contributed by atoms with Crippen molar-refractivity contribution in [2.75, 3.05) is 17.2 Å². The Labute approximate surface area is 201 Å². The largest absolute Gasteiger partial charge is 0.311 e. The predicted molar refractivity (Wildman–Crippen MR) is 130 cm³/mol. The van der Waals surface area contributed by atoms with E-state index in [0.29, 0.717) is 35.0 Å². The van der Waals surface area contributed by atoms with Crippen LogP contribution in [-0.2, 0) is 16.2 Å². The van der Waals surface area contributed by atoms with Crippen LogP contribution in [0.25, 0.3) is 0 Å². The highest BCUT2D eigenvalue weighted by molar-refractivity contribution is 8.01. The summed E-state index contributed by atoms with van der Waals surface area (Å²) in [7, 11) is 0. The number of halogens is 1. The van der Waals surface area contributed by atoms with Crippen LogP contribution in [0.15, 0.2) is 66.7 Å². The molecule has 33 heavy (non-hydrogen) atoms. The predicted octanol–water partition coefficient (Wildman–Crippen LogP) is 5.11. The van der Waals surface area contributed by atoms with E-state index in [0.717, 1.165) is 22.4 Å². The second-order valence-electron chi connectivity index (χ2n) is 8.18. The number of anilines is 1. The highest BCUT2D eigenvalue weighted by Gasteiger charge is 2.59. The Bertz CT molecular complexity index is 1320. The highest BCUT2D eigenvalue weighted by Crippen LogP contribution is 2.55. The number of carbonyl (C=O) groups is 2. The van der Waals surface area contributed by atoms with Crippen LogP contribution < -0.4 is 4.90 Å². The van der Waals surface area contributed by atoms with Crippen molar-refractivity contribution in [3.63, 3.8) is 0 Å². The highest BCUT2D eigenvalue weighted by atomic mass is 35.5. The molecule has 1 saturated heterocycles. The van der Waals surface area contributed by atoms with Gasteiger partial charge in [-0.1, -0.05) is 41.4 Å². The fourth-order valence-electron chi connectivity index (χ4n) is 4.52. The summed E-state index contributed by atoms with van der Waals surface area (Å²) in [6.45, 7) is 2.74. The molecule has 0 bridgehead atoms. The summed E-state index contributed by atoms with van der Waals surface area (Å²) >= 11 is 7.83. The molecule has 1 spiro atoms. The molecule has 0 radical (unpaired) electrons. The number of nitriles is 1. The van der Waals surface area contributed by atoms with E-state index in [1.165, 1.54) is 11.8 Å². The van der Waals surface area contributed by atoms with Gasteiger partial charge in [0.05, 0.1) is 23.9 Å². The van der Waals surface area contributed by atoms with Gasteiger partial charge in [0, 0.05) is 28.4 Å². The van der Waals surface area contributed by atoms with Gasteiger partial charge in [0.1, 0.15) is 0 Å². The summed E-state index contributed by atoms with van der Waals surface area (Å²) in [4.78, 5) is 29.9. The molecule has 0 aliphatic carbocycles. The van der Waals surface area contributed by atoms with Gasteiger partial charge in [-0.15, -0.1) is 11.8 Å². The van der Waals surface area contributed by atoms with Gasteiger partial charge < -0.3 is 9.80 Å². The van der Waals surface area contributed by atoms with Crippen molar-refractivity contribution < 1.29 is 9.59 Å². The van der Waals surface area contributed by atoms with Crippen molar-refractivity contribution in [3.05, 3.63) is 99.6 Å². The summed E-state index contributed by atoms with van der Waals surface area (Å²) in [5.41, 5.74) is 4.48. The van der Waals surface area contributed by atoms with Crippen LogP contribution in [-0.4, -0.2) is 29.0 Å². The van der Waals surface area contributed by atoms with Crippen molar-refractivity contribution in [1.29, 1.82) is 5.26 Å². The second kappa shape index (κ2) is 8.26. The Morgan fingerprint density at radius 1 is 1.15 bits per heavy atom. The maximum atomic E-state index is 14.1. The minimum atomic E-state index is -1.16. The van der Waals surface area contributed by atoms with E-state index < -0.39 is 4.87 Å². The first-order valence-corrected chi connectivity index (χ1v) is 11.9. The standard InChI is InChI=1S/C26H20ClN3O2S/c1-17-5-7-20(8-6-17)24(31)30-11-12-33-26(30)22-14-21(27)9-10-23(22)29(25(26)32)16-19-4-2-3-18(13-19)15-28/h2-10,13-14H,11-12,16H2,1H3/t26-/m1/s1. The van der Waals surface area contributed by atoms with E-state index in [-0.39, 0.29) is 11.8 Å². The van der Waals surface area contributed by atoms with E-state index in [1.54, 1.807) is 46.2 Å². The average Bonchev–Trinajstić information content (AvgIpc) is 3.36. The molecule has 2 aliphatic heterocycles. The topological polar surface area (TPSA) is 64.4 Å². The molecule has 7 heteroatoms. The Hall–Kier alpha value is -3.27. The van der Waals surface area contributed by atoms with Crippen LogP contribution in [0.1, 0.15) is 32.6 Å². The number of thioether (sulfide) groups is 1. The Morgan fingerprint density at radius 2 is 1.94 bits per heavy atom. The van der Waals surface area contributed by atoms with E-state index in [4.69, 9.17) is 11.6 Å². The third-order valence-electron chi connectivity index (χ3n) is 6.10. The number of nitrogens with zero attached hydrogens (tertiary/aromatic N) is 3. The van der Waals surface area contributed by atoms with Crippen LogP contribution in [0.2, 0.25) is 5.02 Å². The normalized spacial score (nSPS) is 19.1. The molecular weight excluding hydrogens is 454 g/mol. The van der Waals surface area contributed by atoms with E-state index in [9.17, 15) is 14.9 Å². The third-order valence-corrected chi connectivity index (χ3v) is 7.75. The lowest BCUT2D eigenvalue weighted by Crippen LogP contribution is -2.50. The number of rotatable bonds is 3. The molecule has 164 valence electrons. The van der Waals surface area contributed by atoms with Crippen molar-refractivity contribution in [1.82, 2.24) is 4.90 Å². The van der Waals surface area contributed by atoms with E-state index in [2.05, 4.69) is 6.07 Å². The number of hydrogen-bond donors (Lipinski definition) is 0. The maximum Gasteiger partial charge on any atom is 0.268 e. The van der Waals surface area contributed by atoms with Gasteiger partial charge >= 0.3 is 0 Å². The quantitative estimate of drug-likeness (QED) is 0.530. The summed E-state index contributed by atoms with van der Waals surface area (Å²) in [6, 6.07) is 22.2. The first-order valence-electron chi connectivity index (χ1n) is 10.6. The van der Waals surface area contributed by atoms with Crippen LogP contribution in [0, 0.1) is 18.3 Å². The number of carbonyl (C=O) groups excluding carboxylic acids is 2. The number of aryl methyl sites for hydroxylation is 1. The molecule has 2 aliphatic rings. The zero-order chi connectivity index (χ0) is 23.2.